The van der Waals surface area contributed by atoms with Crippen molar-refractivity contribution >= 4 is 40.5 Å². The molecule has 2 N–H and O–H groups in total. The van der Waals surface area contributed by atoms with Gasteiger partial charge in [0, 0.05) is 7.05 Å². The second-order valence-electron chi connectivity index (χ2n) is 6.18. The molecule has 0 radical (unpaired) electrons. The van der Waals surface area contributed by atoms with Gasteiger partial charge in [-0.15, -0.1) is 0 Å². The zero-order valence-electron chi connectivity index (χ0n) is 15.7. The number of carbonyl (C=O) groups excluding carboxylic acids is 2. The molecule has 1 aliphatic rings. The molecular weight excluding hydrogens is 374 g/mol. The molecule has 2 amide bonds. The Hall–Kier alpha value is -3.06. The van der Waals surface area contributed by atoms with Crippen molar-refractivity contribution in [1.82, 2.24) is 4.90 Å². The Bertz CT molecular complexity index is 952. The Morgan fingerprint density at radius 2 is 1.93 bits per heavy atom. The van der Waals surface area contributed by atoms with E-state index in [4.69, 9.17) is 10.5 Å². The normalized spacial score (nSPS) is 16.8. The maximum absolute atomic E-state index is 12.6. The lowest BCUT2D eigenvalue weighted by Crippen LogP contribution is -2.23. The van der Waals surface area contributed by atoms with Gasteiger partial charge in [0.25, 0.3) is 11.8 Å². The van der Waals surface area contributed by atoms with Gasteiger partial charge < -0.3 is 10.5 Å². The van der Waals surface area contributed by atoms with E-state index in [1.807, 2.05) is 42.5 Å². The molecule has 0 unspecified atom stereocenters. The fourth-order valence-electron chi connectivity index (χ4n) is 2.64. The number of aliphatic imine (C=N–C) groups is 1. The van der Waals surface area contributed by atoms with Gasteiger partial charge in [-0.2, -0.15) is 0 Å². The Morgan fingerprint density at radius 3 is 2.61 bits per heavy atom. The summed E-state index contributed by atoms with van der Waals surface area (Å²) in [5, 5.41) is 0.651. The van der Waals surface area contributed by atoms with Crippen molar-refractivity contribution in [3.63, 3.8) is 0 Å². The lowest BCUT2D eigenvalue weighted by atomic mass is 10.1. The van der Waals surface area contributed by atoms with Crippen molar-refractivity contribution in [2.24, 2.45) is 10.7 Å². The summed E-state index contributed by atoms with van der Waals surface area (Å²) < 4.78 is 5.24. The Kier molecular flexibility index (Phi) is 6.16. The van der Waals surface area contributed by atoms with Crippen LogP contribution in [0.1, 0.15) is 18.1 Å². The van der Waals surface area contributed by atoms with Crippen LogP contribution in [0.2, 0.25) is 0 Å². The molecule has 28 heavy (non-hydrogen) atoms. The zero-order chi connectivity index (χ0) is 20.1. The lowest BCUT2D eigenvalue weighted by Gasteiger charge is -2.08. The Morgan fingerprint density at radius 1 is 1.21 bits per heavy atom. The molecule has 0 bridgehead atoms. The second kappa shape index (κ2) is 8.75. The SMILES string of the molecule is CCc1ccccc1N=C1S/C(=C/c2ccc(OCC(N)=O)cc2)C(=O)N1C. The molecule has 2 aromatic rings. The molecule has 1 fully saturated rings. The van der Waals surface area contributed by atoms with Crippen LogP contribution in [-0.2, 0) is 16.0 Å². The van der Waals surface area contributed by atoms with Gasteiger partial charge in [0.1, 0.15) is 5.75 Å². The van der Waals surface area contributed by atoms with Crippen molar-refractivity contribution < 1.29 is 14.3 Å². The van der Waals surface area contributed by atoms with Crippen molar-refractivity contribution in [1.29, 1.82) is 0 Å². The third-order valence-electron chi connectivity index (χ3n) is 4.15. The highest BCUT2D eigenvalue weighted by molar-refractivity contribution is 8.18. The van der Waals surface area contributed by atoms with E-state index in [9.17, 15) is 9.59 Å². The average molecular weight is 395 g/mol. The van der Waals surface area contributed by atoms with E-state index in [1.54, 1.807) is 24.1 Å². The maximum atomic E-state index is 12.6. The van der Waals surface area contributed by atoms with E-state index < -0.39 is 5.91 Å². The van der Waals surface area contributed by atoms with Crippen LogP contribution >= 0.6 is 11.8 Å². The number of hydrogen-bond donors (Lipinski definition) is 1. The first-order valence-corrected chi connectivity index (χ1v) is 9.65. The van der Waals surface area contributed by atoms with Gasteiger partial charge >= 0.3 is 0 Å². The van der Waals surface area contributed by atoms with Crippen molar-refractivity contribution in [3.05, 3.63) is 64.6 Å². The van der Waals surface area contributed by atoms with E-state index in [1.165, 1.54) is 11.8 Å². The first-order chi connectivity index (χ1) is 13.5. The summed E-state index contributed by atoms with van der Waals surface area (Å²) in [6, 6.07) is 15.0. The quantitative estimate of drug-likeness (QED) is 0.760. The van der Waals surface area contributed by atoms with Crippen molar-refractivity contribution in [2.75, 3.05) is 13.7 Å². The fraction of sp³-hybridized carbons (Fsp3) is 0.190. The highest BCUT2D eigenvalue weighted by atomic mass is 32.2. The number of benzene rings is 2. The molecule has 7 heteroatoms. The molecule has 0 aliphatic carbocycles. The minimum Gasteiger partial charge on any atom is -0.484 e. The first-order valence-electron chi connectivity index (χ1n) is 8.83. The monoisotopic (exact) mass is 395 g/mol. The highest BCUT2D eigenvalue weighted by Gasteiger charge is 2.30. The van der Waals surface area contributed by atoms with Gasteiger partial charge in [-0.05, 0) is 53.6 Å². The van der Waals surface area contributed by atoms with Crippen LogP contribution in [0.3, 0.4) is 0 Å². The maximum Gasteiger partial charge on any atom is 0.266 e. The molecule has 0 aromatic heterocycles. The minimum atomic E-state index is -0.529. The number of amides is 2. The van der Waals surface area contributed by atoms with Crippen LogP contribution in [0.5, 0.6) is 5.75 Å². The number of nitrogens with two attached hydrogens (primary N) is 1. The van der Waals surface area contributed by atoms with Gasteiger partial charge in [-0.3, -0.25) is 14.5 Å². The topological polar surface area (TPSA) is 85.0 Å². The van der Waals surface area contributed by atoms with E-state index in [0.29, 0.717) is 15.8 Å². The van der Waals surface area contributed by atoms with E-state index in [0.717, 1.165) is 23.2 Å². The van der Waals surface area contributed by atoms with Gasteiger partial charge in [-0.25, -0.2) is 4.99 Å². The molecule has 0 spiro atoms. The average Bonchev–Trinajstić information content (AvgIpc) is 2.95. The van der Waals surface area contributed by atoms with E-state index in [-0.39, 0.29) is 12.5 Å². The molecule has 1 saturated heterocycles. The second-order valence-corrected chi connectivity index (χ2v) is 7.18. The minimum absolute atomic E-state index is 0.0909. The summed E-state index contributed by atoms with van der Waals surface area (Å²) >= 11 is 1.35. The number of ether oxygens (including phenoxy) is 1. The standard InChI is InChI=1S/C21H21N3O3S/c1-3-15-6-4-5-7-17(15)23-21-24(2)20(26)18(28-21)12-14-8-10-16(11-9-14)27-13-19(22)25/h4-12H,3,13H2,1-2H3,(H2,22,25)/b18-12+,23-21?. The van der Waals surface area contributed by atoms with Gasteiger partial charge in [0.05, 0.1) is 10.6 Å². The molecule has 0 atom stereocenters. The number of carbonyl (C=O) groups is 2. The van der Waals surface area contributed by atoms with Gasteiger partial charge in [0.2, 0.25) is 0 Å². The molecule has 0 saturated carbocycles. The number of amidine groups is 1. The zero-order valence-corrected chi connectivity index (χ0v) is 16.5. The summed E-state index contributed by atoms with van der Waals surface area (Å²) in [4.78, 5) is 30.2. The van der Waals surface area contributed by atoms with Gasteiger partial charge in [-0.1, -0.05) is 37.3 Å². The summed E-state index contributed by atoms with van der Waals surface area (Å²) in [6.07, 6.45) is 2.69. The van der Waals surface area contributed by atoms with Crippen molar-refractivity contribution in [2.45, 2.75) is 13.3 Å². The van der Waals surface area contributed by atoms with E-state index >= 15 is 0 Å². The van der Waals surface area contributed by atoms with Crippen LogP contribution in [0.15, 0.2) is 58.4 Å². The number of thioether (sulfide) groups is 1. The summed E-state index contributed by atoms with van der Waals surface area (Å²) in [5.74, 6) is -0.0766. The molecule has 2 aromatic carbocycles. The largest absolute Gasteiger partial charge is 0.484 e. The lowest BCUT2D eigenvalue weighted by molar-refractivity contribution is -0.121. The van der Waals surface area contributed by atoms with Gasteiger partial charge in [0.15, 0.2) is 11.8 Å². The first kappa shape index (κ1) is 19.7. The van der Waals surface area contributed by atoms with Crippen LogP contribution in [0.25, 0.3) is 6.08 Å². The van der Waals surface area contributed by atoms with Crippen LogP contribution in [0, 0.1) is 0 Å². The summed E-state index contributed by atoms with van der Waals surface area (Å²) in [6.45, 7) is 1.91. The number of nitrogens with zero attached hydrogens (tertiary/aromatic N) is 2. The third kappa shape index (κ3) is 4.61. The van der Waals surface area contributed by atoms with Crippen LogP contribution < -0.4 is 10.5 Å². The van der Waals surface area contributed by atoms with Crippen LogP contribution in [-0.4, -0.2) is 35.5 Å². The van der Waals surface area contributed by atoms with E-state index in [2.05, 4.69) is 11.9 Å². The number of aryl methyl sites for hydroxylation is 1. The molecular formula is C21H21N3O3S. The number of para-hydroxylation sites is 1. The van der Waals surface area contributed by atoms with Crippen molar-refractivity contribution in [3.8, 4) is 5.75 Å². The predicted octanol–water partition coefficient (Wildman–Crippen LogP) is 3.35. The van der Waals surface area contributed by atoms with Crippen LogP contribution in [0.4, 0.5) is 5.69 Å². The molecule has 3 rings (SSSR count). The smallest absolute Gasteiger partial charge is 0.266 e. The molecule has 1 heterocycles. The Balaban J connectivity index is 1.79. The number of hydrogen-bond acceptors (Lipinski definition) is 5. The number of primary amides is 1. The number of likely N-dealkylation sites (N-methyl/N-ethyl adjacent to an activating group) is 1. The summed E-state index contributed by atoms with van der Waals surface area (Å²) in [7, 11) is 1.73. The molecule has 1 aliphatic heterocycles. The fourth-order valence-corrected chi connectivity index (χ4v) is 3.62. The summed E-state index contributed by atoms with van der Waals surface area (Å²) in [5.41, 5.74) is 7.94. The highest BCUT2D eigenvalue weighted by Crippen LogP contribution is 2.34. The third-order valence-corrected chi connectivity index (χ3v) is 5.21. The predicted molar refractivity (Wildman–Crippen MR) is 112 cm³/mol. The Labute approximate surface area is 168 Å². The molecule has 6 nitrogen and oxygen atoms in total. The number of rotatable bonds is 6. The molecule has 144 valence electrons.